The number of benzene rings is 2. The Kier molecular flexibility index (Phi) is 7.63. The molecule has 0 spiro atoms. The van der Waals surface area contributed by atoms with Crippen molar-refractivity contribution < 1.29 is 19.0 Å². The van der Waals surface area contributed by atoms with Gasteiger partial charge in [0.1, 0.15) is 17.2 Å². The van der Waals surface area contributed by atoms with Crippen LogP contribution in [0.15, 0.2) is 54.6 Å². The highest BCUT2D eigenvalue weighted by Crippen LogP contribution is 2.23. The number of rotatable bonds is 10. The predicted octanol–water partition coefficient (Wildman–Crippen LogP) is 3.40. The second kappa shape index (κ2) is 10.3. The van der Waals surface area contributed by atoms with Crippen molar-refractivity contribution in [3.8, 4) is 17.2 Å². The van der Waals surface area contributed by atoms with E-state index >= 15 is 0 Å². The van der Waals surface area contributed by atoms with Crippen LogP contribution in [0.5, 0.6) is 17.2 Å². The van der Waals surface area contributed by atoms with Gasteiger partial charge in [0.25, 0.3) is 5.91 Å². The third kappa shape index (κ3) is 6.71. The molecule has 0 unspecified atom stereocenters. The van der Waals surface area contributed by atoms with Crippen molar-refractivity contribution in [1.29, 1.82) is 0 Å². The quantitative estimate of drug-likeness (QED) is 0.679. The Labute approximate surface area is 142 Å². The number of hydrogen-bond acceptors (Lipinski definition) is 4. The Balaban J connectivity index is 1.69. The molecule has 0 bridgehead atoms. The third-order valence-electron chi connectivity index (χ3n) is 3.16. The van der Waals surface area contributed by atoms with Gasteiger partial charge in [0.15, 0.2) is 6.61 Å². The van der Waals surface area contributed by atoms with Gasteiger partial charge in [-0.3, -0.25) is 4.79 Å². The van der Waals surface area contributed by atoms with E-state index in [1.807, 2.05) is 49.4 Å². The molecule has 0 saturated carbocycles. The fourth-order valence-corrected chi connectivity index (χ4v) is 1.97. The van der Waals surface area contributed by atoms with Gasteiger partial charge in [0.05, 0.1) is 0 Å². The van der Waals surface area contributed by atoms with Crippen molar-refractivity contribution >= 4 is 5.91 Å². The average molecular weight is 329 g/mol. The van der Waals surface area contributed by atoms with E-state index in [4.69, 9.17) is 14.2 Å². The fraction of sp³-hybridized carbons (Fsp3) is 0.316. The SMILES string of the molecule is CCOCCCNC(=O)COc1ccc(Oc2ccccc2)cc1. The third-order valence-corrected chi connectivity index (χ3v) is 3.16. The van der Waals surface area contributed by atoms with Gasteiger partial charge < -0.3 is 19.5 Å². The van der Waals surface area contributed by atoms with Gasteiger partial charge in [-0.1, -0.05) is 18.2 Å². The van der Waals surface area contributed by atoms with E-state index < -0.39 is 0 Å². The van der Waals surface area contributed by atoms with Crippen LogP contribution in [0, 0.1) is 0 Å². The summed E-state index contributed by atoms with van der Waals surface area (Å²) in [7, 11) is 0. The van der Waals surface area contributed by atoms with E-state index in [0.717, 1.165) is 12.2 Å². The van der Waals surface area contributed by atoms with Crippen molar-refractivity contribution in [2.45, 2.75) is 13.3 Å². The minimum Gasteiger partial charge on any atom is -0.484 e. The molecule has 0 aliphatic heterocycles. The zero-order valence-electron chi connectivity index (χ0n) is 13.9. The zero-order valence-corrected chi connectivity index (χ0v) is 13.9. The Morgan fingerprint density at radius 3 is 2.33 bits per heavy atom. The number of ether oxygens (including phenoxy) is 3. The molecule has 0 atom stereocenters. The summed E-state index contributed by atoms with van der Waals surface area (Å²) >= 11 is 0. The summed E-state index contributed by atoms with van der Waals surface area (Å²) in [6.45, 7) is 3.88. The second-order valence-corrected chi connectivity index (χ2v) is 5.08. The number of amides is 1. The van der Waals surface area contributed by atoms with Crippen LogP contribution in [0.1, 0.15) is 13.3 Å². The first-order valence-corrected chi connectivity index (χ1v) is 8.08. The zero-order chi connectivity index (χ0) is 17.0. The minimum atomic E-state index is -0.142. The molecule has 0 heterocycles. The van der Waals surface area contributed by atoms with E-state index in [1.165, 1.54) is 0 Å². The molecule has 0 saturated heterocycles. The molecule has 0 fully saturated rings. The summed E-state index contributed by atoms with van der Waals surface area (Å²) < 4.78 is 16.4. The van der Waals surface area contributed by atoms with E-state index in [9.17, 15) is 4.79 Å². The van der Waals surface area contributed by atoms with Gasteiger partial charge in [0.2, 0.25) is 0 Å². The van der Waals surface area contributed by atoms with Crippen LogP contribution < -0.4 is 14.8 Å². The van der Waals surface area contributed by atoms with E-state index in [2.05, 4.69) is 5.32 Å². The normalized spacial score (nSPS) is 10.2. The van der Waals surface area contributed by atoms with Crippen LogP contribution in [-0.4, -0.2) is 32.3 Å². The molecule has 24 heavy (non-hydrogen) atoms. The molecular formula is C19H23NO4. The first-order valence-electron chi connectivity index (χ1n) is 8.08. The molecule has 1 N–H and O–H groups in total. The molecule has 0 aliphatic rings. The van der Waals surface area contributed by atoms with Crippen molar-refractivity contribution in [3.05, 3.63) is 54.6 Å². The number of nitrogens with one attached hydrogen (secondary N) is 1. The second-order valence-electron chi connectivity index (χ2n) is 5.08. The summed E-state index contributed by atoms with van der Waals surface area (Å²) in [5, 5.41) is 2.79. The Hall–Kier alpha value is -2.53. The highest BCUT2D eigenvalue weighted by atomic mass is 16.5. The predicted molar refractivity (Wildman–Crippen MR) is 92.6 cm³/mol. The van der Waals surface area contributed by atoms with E-state index in [1.54, 1.807) is 12.1 Å². The van der Waals surface area contributed by atoms with Gasteiger partial charge in [-0.25, -0.2) is 0 Å². The summed E-state index contributed by atoms with van der Waals surface area (Å²) in [5.41, 5.74) is 0. The first-order chi connectivity index (χ1) is 11.8. The summed E-state index contributed by atoms with van der Waals surface area (Å²) in [6, 6.07) is 16.7. The van der Waals surface area contributed by atoms with Crippen molar-refractivity contribution in [2.75, 3.05) is 26.4 Å². The highest BCUT2D eigenvalue weighted by Gasteiger charge is 2.03. The van der Waals surface area contributed by atoms with Crippen LogP contribution in [0.4, 0.5) is 0 Å². The highest BCUT2D eigenvalue weighted by molar-refractivity contribution is 5.77. The van der Waals surface area contributed by atoms with Gasteiger partial charge in [-0.15, -0.1) is 0 Å². The number of carbonyl (C=O) groups is 1. The lowest BCUT2D eigenvalue weighted by Gasteiger charge is -2.09. The number of hydrogen-bond donors (Lipinski definition) is 1. The molecule has 1 amide bonds. The Morgan fingerprint density at radius 1 is 0.958 bits per heavy atom. The van der Waals surface area contributed by atoms with Gasteiger partial charge in [-0.05, 0) is 49.7 Å². The lowest BCUT2D eigenvalue weighted by molar-refractivity contribution is -0.123. The van der Waals surface area contributed by atoms with E-state index in [-0.39, 0.29) is 12.5 Å². The van der Waals surface area contributed by atoms with Crippen LogP contribution in [0.25, 0.3) is 0 Å². The topological polar surface area (TPSA) is 56.8 Å². The van der Waals surface area contributed by atoms with Crippen molar-refractivity contribution in [1.82, 2.24) is 5.32 Å². The van der Waals surface area contributed by atoms with Gasteiger partial charge in [-0.2, -0.15) is 0 Å². The number of carbonyl (C=O) groups excluding carboxylic acids is 1. The van der Waals surface area contributed by atoms with Gasteiger partial charge in [0, 0.05) is 19.8 Å². The molecule has 2 aromatic carbocycles. The fourth-order valence-electron chi connectivity index (χ4n) is 1.97. The largest absolute Gasteiger partial charge is 0.484 e. The molecule has 5 heteroatoms. The first kappa shape index (κ1) is 17.8. The molecule has 2 aromatic rings. The van der Waals surface area contributed by atoms with Crippen LogP contribution in [-0.2, 0) is 9.53 Å². The van der Waals surface area contributed by atoms with Crippen LogP contribution >= 0.6 is 0 Å². The smallest absolute Gasteiger partial charge is 0.257 e. The van der Waals surface area contributed by atoms with Crippen LogP contribution in [0.2, 0.25) is 0 Å². The minimum absolute atomic E-state index is 0.00642. The summed E-state index contributed by atoms with van der Waals surface area (Å²) in [4.78, 5) is 11.7. The lowest BCUT2D eigenvalue weighted by Crippen LogP contribution is -2.30. The molecule has 0 aliphatic carbocycles. The summed E-state index contributed by atoms with van der Waals surface area (Å²) in [6.07, 6.45) is 0.797. The number of para-hydroxylation sites is 1. The maximum atomic E-state index is 11.7. The van der Waals surface area contributed by atoms with Gasteiger partial charge >= 0.3 is 0 Å². The molecule has 0 aromatic heterocycles. The molecule has 128 valence electrons. The monoisotopic (exact) mass is 329 g/mol. The lowest BCUT2D eigenvalue weighted by atomic mass is 10.3. The molecule has 0 radical (unpaired) electrons. The average Bonchev–Trinajstić information content (AvgIpc) is 2.62. The maximum Gasteiger partial charge on any atom is 0.257 e. The molecule has 5 nitrogen and oxygen atoms in total. The van der Waals surface area contributed by atoms with Crippen LogP contribution in [0.3, 0.4) is 0 Å². The van der Waals surface area contributed by atoms with Crippen molar-refractivity contribution in [3.63, 3.8) is 0 Å². The standard InChI is InChI=1S/C19H23NO4/c1-2-22-14-6-13-20-19(21)15-23-16-9-11-18(12-10-16)24-17-7-4-3-5-8-17/h3-5,7-12H,2,6,13-15H2,1H3,(H,20,21). The summed E-state index contributed by atoms with van der Waals surface area (Å²) in [5.74, 6) is 1.97. The Morgan fingerprint density at radius 2 is 1.62 bits per heavy atom. The molecular weight excluding hydrogens is 306 g/mol. The van der Waals surface area contributed by atoms with E-state index in [0.29, 0.717) is 31.3 Å². The Bertz CT molecular complexity index is 599. The molecule has 2 rings (SSSR count). The van der Waals surface area contributed by atoms with Crippen molar-refractivity contribution in [2.24, 2.45) is 0 Å². The maximum absolute atomic E-state index is 11.7.